The van der Waals surface area contributed by atoms with Gasteiger partial charge in [0.2, 0.25) is 0 Å². The van der Waals surface area contributed by atoms with E-state index in [1.165, 1.54) is 12.4 Å². The number of hydrogen-bond acceptors (Lipinski definition) is 4. The predicted molar refractivity (Wildman–Crippen MR) is 62.0 cm³/mol. The van der Waals surface area contributed by atoms with E-state index in [4.69, 9.17) is 0 Å². The molecule has 18 heavy (non-hydrogen) atoms. The number of alkyl halides is 3. The quantitative estimate of drug-likeness (QED) is 0.620. The van der Waals surface area contributed by atoms with E-state index < -0.39 is 11.9 Å². The second-order valence-electron chi connectivity index (χ2n) is 3.35. The van der Waals surface area contributed by atoms with Crippen LogP contribution < -0.4 is 0 Å². The second-order valence-corrected chi connectivity index (χ2v) is 4.18. The van der Waals surface area contributed by atoms with Gasteiger partial charge in [-0.3, -0.25) is 4.98 Å². The van der Waals surface area contributed by atoms with Gasteiger partial charge in [-0.15, -0.1) is 11.8 Å². The maximum absolute atomic E-state index is 12.7. The molecular formula is C11H8F3N3S. The number of thioether (sulfide) groups is 1. The molecule has 0 amide bonds. The average molecular weight is 271 g/mol. The first-order valence-electron chi connectivity index (χ1n) is 4.91. The molecule has 2 aromatic heterocycles. The van der Waals surface area contributed by atoms with Gasteiger partial charge in [0.15, 0.2) is 5.82 Å². The van der Waals surface area contributed by atoms with Crippen molar-refractivity contribution in [2.24, 2.45) is 0 Å². The predicted octanol–water partition coefficient (Wildman–Crippen LogP) is 3.28. The fraction of sp³-hybridized carbons (Fsp3) is 0.182. The lowest BCUT2D eigenvalue weighted by Gasteiger charge is -2.09. The molecule has 3 nitrogen and oxygen atoms in total. The summed E-state index contributed by atoms with van der Waals surface area (Å²) in [4.78, 5) is 11.4. The van der Waals surface area contributed by atoms with Gasteiger partial charge in [0.05, 0.1) is 0 Å². The Morgan fingerprint density at radius 1 is 1.11 bits per heavy atom. The largest absolute Gasteiger partial charge is 0.433 e. The van der Waals surface area contributed by atoms with E-state index in [9.17, 15) is 13.2 Å². The van der Waals surface area contributed by atoms with Crippen LogP contribution in [0, 0.1) is 0 Å². The van der Waals surface area contributed by atoms with Crippen molar-refractivity contribution < 1.29 is 13.2 Å². The van der Waals surface area contributed by atoms with Crippen LogP contribution in [0.1, 0.15) is 5.69 Å². The second kappa shape index (κ2) is 4.93. The van der Waals surface area contributed by atoms with Crippen LogP contribution in [-0.4, -0.2) is 21.2 Å². The Hall–Kier alpha value is -1.63. The van der Waals surface area contributed by atoms with E-state index in [1.54, 1.807) is 18.4 Å². The van der Waals surface area contributed by atoms with Crippen LogP contribution in [0.2, 0.25) is 0 Å². The van der Waals surface area contributed by atoms with Crippen molar-refractivity contribution in [1.29, 1.82) is 0 Å². The highest BCUT2D eigenvalue weighted by Gasteiger charge is 2.33. The van der Waals surface area contributed by atoms with Crippen LogP contribution in [0.4, 0.5) is 13.2 Å². The van der Waals surface area contributed by atoms with Gasteiger partial charge >= 0.3 is 6.18 Å². The van der Waals surface area contributed by atoms with Crippen LogP contribution >= 0.6 is 11.8 Å². The molecule has 0 N–H and O–H groups in total. The first kappa shape index (κ1) is 12.8. The highest BCUT2D eigenvalue weighted by atomic mass is 32.2. The molecule has 0 aromatic carbocycles. The first-order chi connectivity index (χ1) is 8.50. The van der Waals surface area contributed by atoms with Crippen molar-refractivity contribution in [2.75, 3.05) is 6.26 Å². The third-order valence-electron chi connectivity index (χ3n) is 2.14. The summed E-state index contributed by atoms with van der Waals surface area (Å²) in [6, 6.07) is 4.08. The third-order valence-corrected chi connectivity index (χ3v) is 2.77. The molecule has 0 bridgehead atoms. The summed E-state index contributed by atoms with van der Waals surface area (Å²) >= 11 is 1.14. The van der Waals surface area contributed by atoms with Crippen molar-refractivity contribution in [3.05, 3.63) is 36.3 Å². The van der Waals surface area contributed by atoms with Gasteiger partial charge in [-0.25, -0.2) is 9.97 Å². The minimum Gasteiger partial charge on any atom is -0.265 e. The molecule has 0 radical (unpaired) electrons. The number of aromatic nitrogens is 3. The van der Waals surface area contributed by atoms with Crippen molar-refractivity contribution >= 4 is 11.8 Å². The Kier molecular flexibility index (Phi) is 3.51. The van der Waals surface area contributed by atoms with Gasteiger partial charge < -0.3 is 0 Å². The van der Waals surface area contributed by atoms with Crippen molar-refractivity contribution in [1.82, 2.24) is 15.0 Å². The summed E-state index contributed by atoms with van der Waals surface area (Å²) < 4.78 is 38.1. The molecule has 0 unspecified atom stereocenters. The molecule has 2 heterocycles. The van der Waals surface area contributed by atoms with Gasteiger partial charge in [0.1, 0.15) is 10.7 Å². The van der Waals surface area contributed by atoms with E-state index in [0.29, 0.717) is 5.56 Å². The molecule has 0 saturated carbocycles. The van der Waals surface area contributed by atoms with Crippen LogP contribution in [0.3, 0.4) is 0 Å². The van der Waals surface area contributed by atoms with E-state index >= 15 is 0 Å². The van der Waals surface area contributed by atoms with Gasteiger partial charge in [0, 0.05) is 24.0 Å². The minimum atomic E-state index is -4.48. The SMILES string of the molecule is CSc1cc(C(F)(F)F)nc(-c2ccncc2)n1. The molecule has 2 rings (SSSR count). The van der Waals surface area contributed by atoms with Gasteiger partial charge in [-0.2, -0.15) is 13.2 Å². The van der Waals surface area contributed by atoms with Crippen molar-refractivity contribution in [3.8, 4) is 11.4 Å². The van der Waals surface area contributed by atoms with Crippen molar-refractivity contribution in [3.63, 3.8) is 0 Å². The molecule has 0 aliphatic carbocycles. The monoisotopic (exact) mass is 271 g/mol. The summed E-state index contributed by atoms with van der Waals surface area (Å²) in [6.07, 6.45) is 0.156. The van der Waals surface area contributed by atoms with Crippen LogP contribution in [0.15, 0.2) is 35.6 Å². The smallest absolute Gasteiger partial charge is 0.265 e. The van der Waals surface area contributed by atoms with Gasteiger partial charge in [-0.1, -0.05) is 0 Å². The van der Waals surface area contributed by atoms with E-state index in [1.807, 2.05) is 0 Å². The van der Waals surface area contributed by atoms with Gasteiger partial charge in [0.25, 0.3) is 0 Å². The summed E-state index contributed by atoms with van der Waals surface area (Å²) in [6.45, 7) is 0. The molecule has 94 valence electrons. The lowest BCUT2D eigenvalue weighted by Crippen LogP contribution is -2.10. The third kappa shape index (κ3) is 2.79. The Labute approximate surface area is 105 Å². The summed E-state index contributed by atoms with van der Waals surface area (Å²) in [5, 5.41) is 0.282. The van der Waals surface area contributed by atoms with Crippen LogP contribution in [0.25, 0.3) is 11.4 Å². The van der Waals surface area contributed by atoms with Crippen molar-refractivity contribution in [2.45, 2.75) is 11.2 Å². The number of pyridine rings is 1. The fourth-order valence-corrected chi connectivity index (χ4v) is 1.71. The molecule has 0 spiro atoms. The standard InChI is InChI=1S/C11H8F3N3S/c1-18-9-6-8(11(12,13)14)16-10(17-9)7-2-4-15-5-3-7/h2-6H,1H3. The van der Waals surface area contributed by atoms with E-state index in [0.717, 1.165) is 17.8 Å². The highest BCUT2D eigenvalue weighted by molar-refractivity contribution is 7.98. The number of rotatable bonds is 2. The summed E-state index contributed by atoms with van der Waals surface area (Å²) in [7, 11) is 0. The molecule has 0 atom stereocenters. The zero-order chi connectivity index (χ0) is 13.2. The van der Waals surface area contributed by atoms with Crippen LogP contribution in [-0.2, 0) is 6.18 Å². The molecule has 7 heteroatoms. The lowest BCUT2D eigenvalue weighted by atomic mass is 10.2. The van der Waals surface area contributed by atoms with E-state index in [-0.39, 0.29) is 10.9 Å². The zero-order valence-corrected chi connectivity index (χ0v) is 10.1. The Balaban J connectivity index is 2.55. The summed E-state index contributed by atoms with van der Waals surface area (Å²) in [5.41, 5.74) is -0.430. The maximum atomic E-state index is 12.7. The van der Waals surface area contributed by atoms with Crippen LogP contribution in [0.5, 0.6) is 0 Å². The number of hydrogen-bond donors (Lipinski definition) is 0. The molecule has 0 aliphatic rings. The zero-order valence-electron chi connectivity index (χ0n) is 9.27. The normalized spacial score (nSPS) is 11.6. The summed E-state index contributed by atoms with van der Waals surface area (Å²) in [5.74, 6) is 0.0524. The number of halogens is 3. The average Bonchev–Trinajstić information content (AvgIpc) is 2.38. The maximum Gasteiger partial charge on any atom is 0.433 e. The lowest BCUT2D eigenvalue weighted by molar-refractivity contribution is -0.141. The Morgan fingerprint density at radius 2 is 1.78 bits per heavy atom. The molecular weight excluding hydrogens is 263 g/mol. The Bertz CT molecular complexity index is 543. The molecule has 0 fully saturated rings. The topological polar surface area (TPSA) is 38.7 Å². The fourth-order valence-electron chi connectivity index (χ4n) is 1.30. The molecule has 0 aliphatic heterocycles. The molecule has 0 saturated heterocycles. The number of nitrogens with zero attached hydrogens (tertiary/aromatic N) is 3. The van der Waals surface area contributed by atoms with E-state index in [2.05, 4.69) is 15.0 Å². The molecule has 2 aromatic rings. The van der Waals surface area contributed by atoms with Gasteiger partial charge in [-0.05, 0) is 18.4 Å². The first-order valence-corrected chi connectivity index (χ1v) is 6.14. The highest BCUT2D eigenvalue weighted by Crippen LogP contribution is 2.31. The minimum absolute atomic E-state index is 0.0524. The Morgan fingerprint density at radius 3 is 2.33 bits per heavy atom.